The van der Waals surface area contributed by atoms with Crippen LogP contribution in [-0.4, -0.2) is 23.1 Å². The minimum atomic E-state index is -4.19. The smallest absolute Gasteiger partial charge is 0.270 e. The average molecular weight is 239 g/mol. The van der Waals surface area contributed by atoms with E-state index in [9.17, 15) is 13.5 Å². The van der Waals surface area contributed by atoms with Crippen LogP contribution in [0.2, 0.25) is 0 Å². The van der Waals surface area contributed by atoms with Crippen molar-refractivity contribution in [3.8, 4) is 5.75 Å². The van der Waals surface area contributed by atoms with Crippen LogP contribution in [0.25, 0.3) is 10.9 Å². The van der Waals surface area contributed by atoms with Gasteiger partial charge in [-0.15, -0.1) is 0 Å². The maximum atomic E-state index is 10.7. The summed E-state index contributed by atoms with van der Waals surface area (Å²) in [6, 6.07) is 8.40. The predicted molar refractivity (Wildman–Crippen MR) is 58.7 cm³/mol. The summed E-state index contributed by atoms with van der Waals surface area (Å²) in [5, 5.41) is 10.2. The van der Waals surface area contributed by atoms with Gasteiger partial charge in [-0.1, -0.05) is 18.2 Å². The third-order valence-corrected chi connectivity index (χ3v) is 2.74. The molecule has 0 atom stereocenters. The highest BCUT2D eigenvalue weighted by Gasteiger charge is 2.13. The van der Waals surface area contributed by atoms with Crippen LogP contribution in [0.3, 0.4) is 0 Å². The zero-order valence-corrected chi connectivity index (χ0v) is 8.98. The summed E-state index contributed by atoms with van der Waals surface area (Å²) >= 11 is 0. The Morgan fingerprint density at radius 1 is 1.25 bits per heavy atom. The second kappa shape index (κ2) is 3.73. The molecule has 0 aliphatic heterocycles. The van der Waals surface area contributed by atoms with Gasteiger partial charge in [0.05, 0.1) is 5.52 Å². The molecule has 0 aliphatic rings. The highest BCUT2D eigenvalue weighted by molar-refractivity contribution is 7.85. The Hall–Kier alpha value is -1.66. The number of aromatic hydroxyl groups is 1. The normalized spacial score (nSPS) is 11.8. The first-order valence-electron chi connectivity index (χ1n) is 4.48. The highest BCUT2D eigenvalue weighted by Crippen LogP contribution is 2.22. The lowest BCUT2D eigenvalue weighted by atomic mass is 10.2. The zero-order valence-electron chi connectivity index (χ0n) is 8.16. The Labute approximate surface area is 92.1 Å². The molecule has 6 heteroatoms. The van der Waals surface area contributed by atoms with Crippen molar-refractivity contribution in [2.24, 2.45) is 0 Å². The van der Waals surface area contributed by atoms with Crippen LogP contribution in [-0.2, 0) is 15.9 Å². The molecule has 1 aromatic carbocycles. The maximum absolute atomic E-state index is 10.7. The molecule has 0 spiro atoms. The molecule has 0 aliphatic carbocycles. The summed E-state index contributed by atoms with van der Waals surface area (Å²) in [6.07, 6.45) is 0. The van der Waals surface area contributed by atoms with E-state index in [2.05, 4.69) is 4.98 Å². The van der Waals surface area contributed by atoms with Gasteiger partial charge < -0.3 is 5.11 Å². The van der Waals surface area contributed by atoms with Crippen LogP contribution >= 0.6 is 0 Å². The van der Waals surface area contributed by atoms with Gasteiger partial charge in [0, 0.05) is 5.39 Å². The first-order valence-corrected chi connectivity index (χ1v) is 6.09. The Balaban J connectivity index is 2.58. The predicted octanol–water partition coefficient (Wildman–Crippen LogP) is 1.33. The summed E-state index contributed by atoms with van der Waals surface area (Å²) < 4.78 is 30.1. The van der Waals surface area contributed by atoms with Crippen molar-refractivity contribution in [3.63, 3.8) is 0 Å². The van der Waals surface area contributed by atoms with Crippen molar-refractivity contribution in [2.45, 2.75) is 5.75 Å². The molecule has 0 bridgehead atoms. The zero-order chi connectivity index (χ0) is 11.8. The molecular weight excluding hydrogens is 230 g/mol. The fraction of sp³-hybridized carbons (Fsp3) is 0.100. The summed E-state index contributed by atoms with van der Waals surface area (Å²) in [6.45, 7) is 0. The van der Waals surface area contributed by atoms with Crippen LogP contribution in [0.4, 0.5) is 0 Å². The number of para-hydroxylation sites is 1. The van der Waals surface area contributed by atoms with Crippen molar-refractivity contribution >= 4 is 21.0 Å². The molecule has 1 aromatic heterocycles. The molecule has 84 valence electrons. The standard InChI is InChI=1S/C10H9NO4S/c12-10-5-7-3-1-2-4-8(7)11-9(10)6-16(13,14)15/h1-5,12H,6H2,(H,13,14,15). The molecule has 2 N–H and O–H groups in total. The number of fused-ring (bicyclic) bond motifs is 1. The van der Waals surface area contributed by atoms with Crippen molar-refractivity contribution < 1.29 is 18.1 Å². The van der Waals surface area contributed by atoms with Crippen LogP contribution in [0, 0.1) is 0 Å². The van der Waals surface area contributed by atoms with E-state index in [-0.39, 0.29) is 11.4 Å². The molecule has 2 aromatic rings. The molecule has 0 amide bonds. The van der Waals surface area contributed by atoms with Crippen molar-refractivity contribution in [1.29, 1.82) is 0 Å². The number of pyridine rings is 1. The van der Waals surface area contributed by atoms with E-state index in [1.165, 1.54) is 6.07 Å². The van der Waals surface area contributed by atoms with Gasteiger partial charge in [-0.05, 0) is 12.1 Å². The Bertz CT molecular complexity index is 636. The van der Waals surface area contributed by atoms with Crippen molar-refractivity contribution in [3.05, 3.63) is 36.0 Å². The molecule has 2 rings (SSSR count). The maximum Gasteiger partial charge on any atom is 0.270 e. The van der Waals surface area contributed by atoms with E-state index < -0.39 is 15.9 Å². The van der Waals surface area contributed by atoms with E-state index in [0.29, 0.717) is 10.9 Å². The van der Waals surface area contributed by atoms with Gasteiger partial charge in [-0.3, -0.25) is 4.55 Å². The topological polar surface area (TPSA) is 87.5 Å². The first-order chi connectivity index (χ1) is 7.46. The highest BCUT2D eigenvalue weighted by atomic mass is 32.2. The Morgan fingerprint density at radius 2 is 1.94 bits per heavy atom. The number of benzene rings is 1. The fourth-order valence-electron chi connectivity index (χ4n) is 1.42. The van der Waals surface area contributed by atoms with E-state index in [1.54, 1.807) is 24.3 Å². The monoisotopic (exact) mass is 239 g/mol. The Kier molecular flexibility index (Phi) is 2.53. The third-order valence-electron chi connectivity index (χ3n) is 2.10. The SMILES string of the molecule is O=S(=O)(O)Cc1nc2ccccc2cc1O. The largest absolute Gasteiger partial charge is 0.506 e. The van der Waals surface area contributed by atoms with E-state index >= 15 is 0 Å². The fourth-order valence-corrected chi connectivity index (χ4v) is 1.98. The number of aromatic nitrogens is 1. The molecule has 0 saturated heterocycles. The molecular formula is C10H9NO4S. The van der Waals surface area contributed by atoms with Crippen LogP contribution in [0.1, 0.15) is 5.69 Å². The molecule has 0 radical (unpaired) electrons. The molecule has 1 heterocycles. The lowest BCUT2D eigenvalue weighted by Crippen LogP contribution is -2.04. The van der Waals surface area contributed by atoms with E-state index in [1.807, 2.05) is 0 Å². The van der Waals surface area contributed by atoms with Crippen molar-refractivity contribution in [1.82, 2.24) is 4.98 Å². The van der Waals surface area contributed by atoms with Gasteiger partial charge in [-0.25, -0.2) is 4.98 Å². The Morgan fingerprint density at radius 3 is 2.62 bits per heavy atom. The quantitative estimate of drug-likeness (QED) is 0.772. The first kappa shape index (κ1) is 10.8. The van der Waals surface area contributed by atoms with Crippen LogP contribution < -0.4 is 0 Å². The van der Waals surface area contributed by atoms with Crippen LogP contribution in [0.5, 0.6) is 5.75 Å². The summed E-state index contributed by atoms with van der Waals surface area (Å²) in [4.78, 5) is 3.97. The van der Waals surface area contributed by atoms with Gasteiger partial charge in [0.1, 0.15) is 17.2 Å². The minimum absolute atomic E-state index is 0.0544. The lowest BCUT2D eigenvalue weighted by Gasteiger charge is -2.04. The molecule has 0 unspecified atom stereocenters. The van der Waals surface area contributed by atoms with E-state index in [0.717, 1.165) is 0 Å². The number of rotatable bonds is 2. The molecule has 0 fully saturated rings. The summed E-state index contributed by atoms with van der Waals surface area (Å²) in [5.74, 6) is -0.930. The average Bonchev–Trinajstić information content (AvgIpc) is 2.17. The molecule has 5 nitrogen and oxygen atoms in total. The minimum Gasteiger partial charge on any atom is -0.506 e. The molecule has 16 heavy (non-hydrogen) atoms. The summed E-state index contributed by atoms with van der Waals surface area (Å²) in [7, 11) is -4.19. The second-order valence-corrected chi connectivity index (χ2v) is 4.83. The van der Waals surface area contributed by atoms with Crippen LogP contribution in [0.15, 0.2) is 30.3 Å². The van der Waals surface area contributed by atoms with Gasteiger partial charge in [0.25, 0.3) is 10.1 Å². The summed E-state index contributed by atoms with van der Waals surface area (Å²) in [5.41, 5.74) is 0.514. The number of hydrogen-bond acceptors (Lipinski definition) is 4. The van der Waals surface area contributed by atoms with Gasteiger partial charge in [0.2, 0.25) is 0 Å². The van der Waals surface area contributed by atoms with Gasteiger partial charge >= 0.3 is 0 Å². The lowest BCUT2D eigenvalue weighted by molar-refractivity contribution is 0.459. The van der Waals surface area contributed by atoms with Crippen molar-refractivity contribution in [2.75, 3.05) is 0 Å². The second-order valence-electron chi connectivity index (χ2n) is 3.37. The van der Waals surface area contributed by atoms with E-state index in [4.69, 9.17) is 4.55 Å². The molecule has 0 saturated carbocycles. The van der Waals surface area contributed by atoms with Gasteiger partial charge in [0.15, 0.2) is 0 Å². The third kappa shape index (κ3) is 2.29. The van der Waals surface area contributed by atoms with Gasteiger partial charge in [-0.2, -0.15) is 8.42 Å². The number of hydrogen-bond donors (Lipinski definition) is 2. The number of nitrogens with zero attached hydrogens (tertiary/aromatic N) is 1.